The molecule has 3 atom stereocenters. The maximum absolute atomic E-state index is 11.7. The van der Waals surface area contributed by atoms with Gasteiger partial charge in [-0.2, -0.15) is 0 Å². The normalized spacial score (nSPS) is 20.8. The Hall–Kier alpha value is -5.40. The van der Waals surface area contributed by atoms with Gasteiger partial charge in [0.1, 0.15) is 35.1 Å². The molecular formula is C30H27N3O9. The molecule has 0 saturated heterocycles. The molecule has 1 aromatic heterocycles. The molecule has 216 valence electrons. The summed E-state index contributed by atoms with van der Waals surface area (Å²) in [5, 5.41) is 0. The van der Waals surface area contributed by atoms with Crippen LogP contribution in [0, 0.1) is 0 Å². The quantitative estimate of drug-likeness (QED) is 0.339. The highest BCUT2D eigenvalue weighted by Gasteiger charge is 2.26. The third-order valence-electron chi connectivity index (χ3n) is 5.68. The van der Waals surface area contributed by atoms with Crippen LogP contribution in [0.15, 0.2) is 88.7 Å². The lowest BCUT2D eigenvalue weighted by molar-refractivity contribution is 0.202. The largest absolute Gasteiger partial charge is 0.494 e. The van der Waals surface area contributed by atoms with E-state index in [0.29, 0.717) is 37.1 Å². The van der Waals surface area contributed by atoms with Gasteiger partial charge >= 0.3 is 18.0 Å². The molecule has 0 spiro atoms. The van der Waals surface area contributed by atoms with Gasteiger partial charge in [-0.3, -0.25) is 0 Å². The van der Waals surface area contributed by atoms with Gasteiger partial charge in [-0.05, 0) is 75.5 Å². The zero-order chi connectivity index (χ0) is 29.9. The van der Waals surface area contributed by atoms with E-state index in [9.17, 15) is 14.4 Å². The monoisotopic (exact) mass is 573 g/mol. The minimum Gasteiger partial charge on any atom is -0.494 e. The highest BCUT2D eigenvalue weighted by atomic mass is 16.5. The molecule has 12 heteroatoms. The van der Waals surface area contributed by atoms with Crippen LogP contribution in [0.1, 0.15) is 20.8 Å². The molecule has 1 aromatic rings. The van der Waals surface area contributed by atoms with Crippen molar-refractivity contribution >= 4 is 17.8 Å². The molecule has 0 fully saturated rings. The van der Waals surface area contributed by atoms with E-state index < -0.39 is 18.3 Å². The van der Waals surface area contributed by atoms with E-state index in [2.05, 4.69) is 15.0 Å². The Morgan fingerprint density at radius 3 is 1.07 bits per heavy atom. The summed E-state index contributed by atoms with van der Waals surface area (Å²) in [5.74, 6) is 6.89. The smallest absolute Gasteiger partial charge is 0.326 e. The number of hydrogen-bond acceptors (Lipinski definition) is 12. The van der Waals surface area contributed by atoms with Gasteiger partial charge in [-0.1, -0.05) is 0 Å². The molecule has 0 N–H and O–H groups in total. The van der Waals surface area contributed by atoms with Gasteiger partial charge in [0, 0.05) is 0 Å². The van der Waals surface area contributed by atoms with E-state index in [1.54, 1.807) is 36.5 Å². The zero-order valence-electron chi connectivity index (χ0n) is 23.1. The van der Waals surface area contributed by atoms with Crippen LogP contribution in [-0.2, 0) is 28.6 Å². The van der Waals surface area contributed by atoms with Gasteiger partial charge in [0.2, 0.25) is 0 Å². The number of rotatable bonds is 12. The molecule has 3 aliphatic carbocycles. The Bertz CT molecular complexity index is 1340. The van der Waals surface area contributed by atoms with Crippen LogP contribution in [0.2, 0.25) is 0 Å². The maximum atomic E-state index is 11.7. The second-order valence-corrected chi connectivity index (χ2v) is 8.49. The number of allylic oxidation sites excluding steroid dienone is 3. The minimum atomic E-state index is -0.914. The molecule has 0 aromatic carbocycles. The molecular weight excluding hydrogens is 546 g/mol. The average Bonchev–Trinajstić information content (AvgIpc) is 2.99. The van der Waals surface area contributed by atoms with Crippen molar-refractivity contribution in [1.29, 1.82) is 0 Å². The summed E-state index contributed by atoms with van der Waals surface area (Å²) in [6, 6.07) is -0.807. The van der Waals surface area contributed by atoms with Crippen LogP contribution < -0.4 is 14.2 Å². The van der Waals surface area contributed by atoms with Crippen LogP contribution in [0.4, 0.5) is 0 Å². The first-order valence-corrected chi connectivity index (χ1v) is 13.1. The second kappa shape index (κ2) is 14.3. The fourth-order valence-electron chi connectivity index (χ4n) is 3.87. The lowest BCUT2D eigenvalue weighted by Crippen LogP contribution is -2.24. The molecule has 0 saturated carbocycles. The van der Waals surface area contributed by atoms with Crippen molar-refractivity contribution in [3.8, 4) is 18.0 Å². The van der Waals surface area contributed by atoms with Gasteiger partial charge in [0.15, 0.2) is 18.3 Å². The summed E-state index contributed by atoms with van der Waals surface area (Å²) in [6.45, 7) is 6.67. The standard InChI is InChI=1S/C30H27N3O9/c1-4-37-22-7-10-25(19(13-22)16-34)40-28-31-29(41-26-11-8-23(38-5-2)14-20(26)17-35)33-30(32-28)42-27-12-9-24(39-6-3)15-21(27)18-36/h7-15,25-27H,4-6H2,1-3H3. The van der Waals surface area contributed by atoms with Crippen molar-refractivity contribution in [3.63, 3.8) is 0 Å². The number of aromatic nitrogens is 3. The summed E-state index contributed by atoms with van der Waals surface area (Å²) in [5.41, 5.74) is 0.406. The Morgan fingerprint density at radius 2 is 0.833 bits per heavy atom. The number of carbonyl (C=O) groups excluding carboxylic acids is 3. The summed E-state index contributed by atoms with van der Waals surface area (Å²) >= 11 is 0. The van der Waals surface area contributed by atoms with E-state index in [-0.39, 0.29) is 34.8 Å². The average molecular weight is 574 g/mol. The fourth-order valence-corrected chi connectivity index (χ4v) is 3.87. The van der Waals surface area contributed by atoms with Crippen LogP contribution in [0.5, 0.6) is 18.0 Å². The Labute approximate surface area is 241 Å². The first-order chi connectivity index (χ1) is 20.5. The van der Waals surface area contributed by atoms with Gasteiger partial charge in [-0.25, -0.2) is 14.4 Å². The van der Waals surface area contributed by atoms with Crippen molar-refractivity contribution in [1.82, 2.24) is 15.0 Å². The molecule has 1 heterocycles. The molecule has 0 radical (unpaired) electrons. The summed E-state index contributed by atoms with van der Waals surface area (Å²) in [4.78, 5) is 47.6. The lowest BCUT2D eigenvalue weighted by atomic mass is 10.1. The molecule has 42 heavy (non-hydrogen) atoms. The van der Waals surface area contributed by atoms with Gasteiger partial charge in [0.05, 0.1) is 36.5 Å². The molecule has 0 amide bonds. The zero-order valence-corrected chi connectivity index (χ0v) is 23.1. The topological polar surface area (TPSA) is 145 Å². The number of ether oxygens (including phenoxy) is 6. The van der Waals surface area contributed by atoms with Crippen molar-refractivity contribution in [2.24, 2.45) is 0 Å². The predicted octanol–water partition coefficient (Wildman–Crippen LogP) is 2.86. The summed E-state index contributed by atoms with van der Waals surface area (Å²) in [7, 11) is 0. The van der Waals surface area contributed by atoms with Gasteiger partial charge in [0.25, 0.3) is 0 Å². The van der Waals surface area contributed by atoms with Crippen LogP contribution in [0.25, 0.3) is 0 Å². The predicted molar refractivity (Wildman–Crippen MR) is 147 cm³/mol. The summed E-state index contributed by atoms with van der Waals surface area (Å²) in [6.07, 6.45) is 11.4. The van der Waals surface area contributed by atoms with E-state index >= 15 is 0 Å². The van der Waals surface area contributed by atoms with Crippen molar-refractivity contribution in [2.45, 2.75) is 39.1 Å². The lowest BCUT2D eigenvalue weighted by Gasteiger charge is -2.21. The van der Waals surface area contributed by atoms with Crippen molar-refractivity contribution in [3.05, 3.63) is 88.7 Å². The molecule has 0 aliphatic heterocycles. The SMILES string of the molecule is CCOC1=CC(=C=O)C(Oc2nc(OC3C=CC(OCC)=CC3=C=O)nc(OC3C=CC(OCC)=CC3=C=O)n2)C=C1. The van der Waals surface area contributed by atoms with Crippen LogP contribution in [0.3, 0.4) is 0 Å². The van der Waals surface area contributed by atoms with Crippen molar-refractivity contribution < 1.29 is 42.8 Å². The minimum absolute atomic E-state index is 0.135. The highest BCUT2D eigenvalue weighted by Crippen LogP contribution is 2.26. The van der Waals surface area contributed by atoms with Crippen LogP contribution in [-0.4, -0.2) is 70.9 Å². The summed E-state index contributed by atoms with van der Waals surface area (Å²) < 4.78 is 33.9. The first kappa shape index (κ1) is 29.6. The Kier molecular flexibility index (Phi) is 10.1. The highest BCUT2D eigenvalue weighted by molar-refractivity contribution is 5.64. The van der Waals surface area contributed by atoms with E-state index in [0.717, 1.165) is 0 Å². The van der Waals surface area contributed by atoms with Gasteiger partial charge < -0.3 is 28.4 Å². The molecule has 12 nitrogen and oxygen atoms in total. The Balaban J connectivity index is 1.63. The Morgan fingerprint density at radius 1 is 0.548 bits per heavy atom. The van der Waals surface area contributed by atoms with Gasteiger partial charge in [-0.15, -0.1) is 15.0 Å². The first-order valence-electron chi connectivity index (χ1n) is 13.1. The third kappa shape index (κ3) is 7.41. The van der Waals surface area contributed by atoms with Crippen LogP contribution >= 0.6 is 0 Å². The van der Waals surface area contributed by atoms with E-state index in [1.807, 2.05) is 38.6 Å². The third-order valence-corrected chi connectivity index (χ3v) is 5.68. The fraction of sp³-hybridized carbons (Fsp3) is 0.300. The van der Waals surface area contributed by atoms with Crippen molar-refractivity contribution in [2.75, 3.05) is 19.8 Å². The second-order valence-electron chi connectivity index (χ2n) is 8.49. The molecule has 3 aliphatic rings. The number of nitrogens with zero attached hydrogens (tertiary/aromatic N) is 3. The number of hydrogen-bond donors (Lipinski definition) is 0. The van der Waals surface area contributed by atoms with E-state index in [1.165, 1.54) is 18.2 Å². The molecule has 3 unspecified atom stereocenters. The maximum Gasteiger partial charge on any atom is 0.326 e. The molecule has 4 rings (SSSR count). The van der Waals surface area contributed by atoms with E-state index in [4.69, 9.17) is 28.4 Å². The molecule has 0 bridgehead atoms.